The Labute approximate surface area is 90.2 Å². The third-order valence-corrected chi connectivity index (χ3v) is 2.81. The second-order valence-corrected chi connectivity index (χ2v) is 4.21. The maximum Gasteiger partial charge on any atom is 0.407 e. The van der Waals surface area contributed by atoms with Crippen molar-refractivity contribution in [1.29, 1.82) is 0 Å². The Morgan fingerprint density at radius 2 is 2.20 bits per heavy atom. The fraction of sp³-hybridized carbons (Fsp3) is 0.900. The minimum absolute atomic E-state index is 0.0609. The molecule has 15 heavy (non-hydrogen) atoms. The van der Waals surface area contributed by atoms with E-state index in [-0.39, 0.29) is 6.04 Å². The Hall–Kier alpha value is -0.810. The highest BCUT2D eigenvalue weighted by Crippen LogP contribution is 2.19. The average molecular weight is 216 g/mol. The van der Waals surface area contributed by atoms with E-state index < -0.39 is 6.09 Å². The third-order valence-electron chi connectivity index (χ3n) is 2.81. The maximum absolute atomic E-state index is 10.6. The monoisotopic (exact) mass is 216 g/mol. The number of amides is 1. The predicted octanol–water partition coefficient (Wildman–Crippen LogP) is 0.740. The second kappa shape index (κ2) is 5.92. The van der Waals surface area contributed by atoms with Crippen molar-refractivity contribution < 1.29 is 14.6 Å². The first-order valence-electron chi connectivity index (χ1n) is 5.37. The topological polar surface area (TPSA) is 75.8 Å². The van der Waals surface area contributed by atoms with Gasteiger partial charge in [-0.3, -0.25) is 0 Å². The van der Waals surface area contributed by atoms with Crippen LogP contribution in [-0.4, -0.2) is 48.9 Å². The highest BCUT2D eigenvalue weighted by Gasteiger charge is 2.19. The predicted molar refractivity (Wildman–Crippen MR) is 56.8 cm³/mol. The van der Waals surface area contributed by atoms with Crippen LogP contribution in [0.1, 0.15) is 19.3 Å². The number of ether oxygens (including phenoxy) is 1. The molecule has 88 valence electrons. The van der Waals surface area contributed by atoms with Crippen LogP contribution in [0.25, 0.3) is 0 Å². The summed E-state index contributed by atoms with van der Waals surface area (Å²) in [5.74, 6) is 0.593. The molecule has 0 aromatic heterocycles. The molecule has 1 aliphatic rings. The normalized spacial score (nSPS) is 19.9. The van der Waals surface area contributed by atoms with E-state index in [0.717, 1.165) is 32.5 Å². The Morgan fingerprint density at radius 3 is 2.73 bits per heavy atom. The van der Waals surface area contributed by atoms with Gasteiger partial charge in [-0.15, -0.1) is 0 Å². The number of hydrogen-bond donors (Lipinski definition) is 2. The Bertz CT molecular complexity index is 205. The lowest BCUT2D eigenvalue weighted by Crippen LogP contribution is -2.39. The Kier molecular flexibility index (Phi) is 4.84. The lowest BCUT2D eigenvalue weighted by atomic mass is 9.93. The molecule has 0 aliphatic carbocycles. The smallest absolute Gasteiger partial charge is 0.407 e. The van der Waals surface area contributed by atoms with Crippen LogP contribution in [-0.2, 0) is 4.74 Å². The van der Waals surface area contributed by atoms with Crippen molar-refractivity contribution in [3.63, 3.8) is 0 Å². The van der Waals surface area contributed by atoms with Crippen LogP contribution in [0.15, 0.2) is 0 Å². The number of carbonyl (C=O) groups is 1. The van der Waals surface area contributed by atoms with Crippen LogP contribution in [0, 0.1) is 5.92 Å². The van der Waals surface area contributed by atoms with Gasteiger partial charge in [0.2, 0.25) is 0 Å². The zero-order valence-electron chi connectivity index (χ0n) is 9.19. The summed E-state index contributed by atoms with van der Waals surface area (Å²) in [6, 6.07) is -0.0609. The van der Waals surface area contributed by atoms with Crippen LogP contribution in [0.4, 0.5) is 4.79 Å². The molecular weight excluding hydrogens is 196 g/mol. The van der Waals surface area contributed by atoms with Crippen molar-refractivity contribution in [3.05, 3.63) is 0 Å². The van der Waals surface area contributed by atoms with E-state index in [1.54, 1.807) is 7.05 Å². The van der Waals surface area contributed by atoms with Crippen molar-refractivity contribution in [2.75, 3.05) is 26.8 Å². The van der Waals surface area contributed by atoms with Gasteiger partial charge < -0.3 is 20.5 Å². The molecule has 5 nitrogen and oxygen atoms in total. The molecule has 1 atom stereocenters. The van der Waals surface area contributed by atoms with Gasteiger partial charge in [0.25, 0.3) is 0 Å². The average Bonchev–Trinajstić information content (AvgIpc) is 2.18. The first-order valence-corrected chi connectivity index (χ1v) is 5.37. The van der Waals surface area contributed by atoms with Gasteiger partial charge in [-0.2, -0.15) is 0 Å². The summed E-state index contributed by atoms with van der Waals surface area (Å²) in [6.07, 6.45) is 2.06. The molecule has 0 saturated carbocycles. The van der Waals surface area contributed by atoms with Gasteiger partial charge in [-0.05, 0) is 25.2 Å². The molecule has 1 unspecified atom stereocenters. The lowest BCUT2D eigenvalue weighted by molar-refractivity contribution is 0.0606. The number of hydrogen-bond acceptors (Lipinski definition) is 3. The van der Waals surface area contributed by atoms with E-state index in [4.69, 9.17) is 15.6 Å². The molecule has 5 heteroatoms. The van der Waals surface area contributed by atoms with Crippen LogP contribution in [0.2, 0.25) is 0 Å². The summed E-state index contributed by atoms with van der Waals surface area (Å²) in [7, 11) is 1.55. The molecule has 0 bridgehead atoms. The molecule has 1 aliphatic heterocycles. The summed E-state index contributed by atoms with van der Waals surface area (Å²) in [5, 5.41) is 8.69. The number of carboxylic acid groups (broad SMARTS) is 1. The standard InChI is InChI=1S/C10H20N2O3/c1-12(10(13)14)7-9(11)6-8-2-4-15-5-3-8/h8-9H,2-7,11H2,1H3,(H,13,14). The zero-order chi connectivity index (χ0) is 11.3. The van der Waals surface area contributed by atoms with Crippen molar-refractivity contribution >= 4 is 6.09 Å². The molecule has 0 spiro atoms. The van der Waals surface area contributed by atoms with E-state index in [0.29, 0.717) is 12.5 Å². The van der Waals surface area contributed by atoms with Gasteiger partial charge in [0.05, 0.1) is 0 Å². The van der Waals surface area contributed by atoms with Crippen LogP contribution in [0.3, 0.4) is 0 Å². The van der Waals surface area contributed by atoms with Crippen molar-refractivity contribution in [2.24, 2.45) is 11.7 Å². The second-order valence-electron chi connectivity index (χ2n) is 4.21. The lowest BCUT2D eigenvalue weighted by Gasteiger charge is -2.26. The molecule has 1 saturated heterocycles. The third kappa shape index (κ3) is 4.48. The first kappa shape index (κ1) is 12.3. The molecule has 1 fully saturated rings. The van der Waals surface area contributed by atoms with Gasteiger partial charge in [0.1, 0.15) is 0 Å². The van der Waals surface area contributed by atoms with Crippen molar-refractivity contribution in [2.45, 2.75) is 25.3 Å². The Balaban J connectivity index is 2.22. The molecule has 3 N–H and O–H groups in total. The Morgan fingerprint density at radius 1 is 1.60 bits per heavy atom. The SMILES string of the molecule is CN(CC(N)CC1CCOCC1)C(=O)O. The van der Waals surface area contributed by atoms with Crippen molar-refractivity contribution in [3.8, 4) is 0 Å². The minimum atomic E-state index is -0.919. The maximum atomic E-state index is 10.6. The molecule has 0 aromatic rings. The van der Waals surface area contributed by atoms with Gasteiger partial charge >= 0.3 is 6.09 Å². The fourth-order valence-corrected chi connectivity index (χ4v) is 1.91. The van der Waals surface area contributed by atoms with E-state index in [9.17, 15) is 4.79 Å². The van der Waals surface area contributed by atoms with Crippen LogP contribution >= 0.6 is 0 Å². The highest BCUT2D eigenvalue weighted by molar-refractivity contribution is 5.64. The van der Waals surface area contributed by atoms with Crippen LogP contribution in [0.5, 0.6) is 0 Å². The largest absolute Gasteiger partial charge is 0.465 e. The number of likely N-dealkylation sites (N-methyl/N-ethyl adjacent to an activating group) is 1. The van der Waals surface area contributed by atoms with Gasteiger partial charge in [-0.1, -0.05) is 0 Å². The number of nitrogens with zero attached hydrogens (tertiary/aromatic N) is 1. The van der Waals surface area contributed by atoms with E-state index in [1.165, 1.54) is 4.90 Å². The summed E-state index contributed by atoms with van der Waals surface area (Å²) >= 11 is 0. The molecule has 1 rings (SSSR count). The summed E-state index contributed by atoms with van der Waals surface area (Å²) < 4.78 is 5.26. The van der Waals surface area contributed by atoms with E-state index in [1.807, 2.05) is 0 Å². The van der Waals surface area contributed by atoms with Crippen LogP contribution < -0.4 is 5.73 Å². The molecular formula is C10H20N2O3. The van der Waals surface area contributed by atoms with Gasteiger partial charge in [0.15, 0.2) is 0 Å². The minimum Gasteiger partial charge on any atom is -0.465 e. The molecule has 0 aromatic carbocycles. The van der Waals surface area contributed by atoms with E-state index in [2.05, 4.69) is 0 Å². The van der Waals surface area contributed by atoms with Gasteiger partial charge in [0, 0.05) is 32.8 Å². The summed E-state index contributed by atoms with van der Waals surface area (Å²) in [4.78, 5) is 11.8. The van der Waals surface area contributed by atoms with Crippen molar-refractivity contribution in [1.82, 2.24) is 4.90 Å². The zero-order valence-corrected chi connectivity index (χ0v) is 9.19. The fourth-order valence-electron chi connectivity index (χ4n) is 1.91. The summed E-state index contributed by atoms with van der Waals surface area (Å²) in [5.41, 5.74) is 5.90. The highest BCUT2D eigenvalue weighted by atomic mass is 16.5. The quantitative estimate of drug-likeness (QED) is 0.726. The molecule has 1 heterocycles. The first-order chi connectivity index (χ1) is 7.09. The number of nitrogens with two attached hydrogens (primary N) is 1. The van der Waals surface area contributed by atoms with E-state index >= 15 is 0 Å². The number of rotatable bonds is 4. The molecule has 1 amide bonds. The summed E-state index contributed by atoms with van der Waals surface area (Å²) in [6.45, 7) is 2.03. The molecule has 0 radical (unpaired) electrons. The van der Waals surface area contributed by atoms with Gasteiger partial charge in [-0.25, -0.2) is 4.79 Å².